The molecule has 36 heavy (non-hydrogen) atoms. The summed E-state index contributed by atoms with van der Waals surface area (Å²) in [6.45, 7) is 1.32. The van der Waals surface area contributed by atoms with Crippen molar-refractivity contribution in [3.63, 3.8) is 0 Å². The van der Waals surface area contributed by atoms with Crippen LogP contribution in [-0.2, 0) is 4.74 Å². The highest BCUT2D eigenvalue weighted by Gasteiger charge is 2.49. The highest BCUT2D eigenvalue weighted by Crippen LogP contribution is 2.41. The number of ether oxygens (including phenoxy) is 2. The van der Waals surface area contributed by atoms with E-state index in [9.17, 15) is 18.3 Å². The maximum absolute atomic E-state index is 14.2. The molecule has 3 aromatic rings. The van der Waals surface area contributed by atoms with Crippen LogP contribution in [0.5, 0.6) is 6.01 Å². The van der Waals surface area contributed by atoms with Gasteiger partial charge in [0.05, 0.1) is 25.3 Å². The van der Waals surface area contributed by atoms with E-state index in [4.69, 9.17) is 13.9 Å². The molecule has 0 spiro atoms. The number of anilines is 1. The van der Waals surface area contributed by atoms with Crippen LogP contribution in [0.1, 0.15) is 32.7 Å². The van der Waals surface area contributed by atoms with Gasteiger partial charge in [-0.15, -0.1) is 0 Å². The van der Waals surface area contributed by atoms with E-state index in [0.717, 1.165) is 19.4 Å². The van der Waals surface area contributed by atoms with Crippen molar-refractivity contribution in [1.29, 1.82) is 0 Å². The van der Waals surface area contributed by atoms with Crippen LogP contribution in [0.4, 0.5) is 19.0 Å². The molecule has 3 aromatic heterocycles. The van der Waals surface area contributed by atoms with E-state index in [1.54, 1.807) is 34.4 Å². The standard InChI is InChI=1S/C22H26F3IN6O4/c1-21(33)9-30(5-6-34-10-21)17-13-14-15(16(26)32(29-14)19(24)25)36-18(13)28-20(27-17)35-11-22-3-2-4-31(22)8-12(23)7-22/h12,19,33H,2-11H2,1H3/t12-,21+,22+/m1/s1. The molecule has 3 aliphatic heterocycles. The fourth-order valence-electron chi connectivity index (χ4n) is 5.69. The van der Waals surface area contributed by atoms with Crippen LogP contribution in [0.2, 0.25) is 0 Å². The van der Waals surface area contributed by atoms with Gasteiger partial charge in [0.15, 0.2) is 5.58 Å². The van der Waals surface area contributed by atoms with Crippen LogP contribution >= 0.6 is 22.6 Å². The summed E-state index contributed by atoms with van der Waals surface area (Å²) in [6, 6.07) is 0.0407. The molecule has 6 rings (SSSR count). The van der Waals surface area contributed by atoms with Gasteiger partial charge in [-0.1, -0.05) is 0 Å². The van der Waals surface area contributed by atoms with Crippen LogP contribution in [0.3, 0.4) is 0 Å². The number of rotatable bonds is 5. The summed E-state index contributed by atoms with van der Waals surface area (Å²) in [7, 11) is 0. The number of hydrogen-bond donors (Lipinski definition) is 1. The fourth-order valence-corrected chi connectivity index (χ4v) is 6.38. The fraction of sp³-hybridized carbons (Fsp3) is 0.682. The average Bonchev–Trinajstić information content (AvgIpc) is 3.49. The predicted octanol–water partition coefficient (Wildman–Crippen LogP) is 3.12. The molecule has 0 unspecified atom stereocenters. The Morgan fingerprint density at radius 3 is 2.94 bits per heavy atom. The number of hydrogen-bond acceptors (Lipinski definition) is 9. The lowest BCUT2D eigenvalue weighted by atomic mass is 9.95. The number of furan rings is 1. The Kier molecular flexibility index (Phi) is 6.00. The number of aromatic nitrogens is 4. The van der Waals surface area contributed by atoms with E-state index in [1.807, 2.05) is 0 Å². The zero-order valence-corrected chi connectivity index (χ0v) is 21.8. The van der Waals surface area contributed by atoms with Crippen molar-refractivity contribution in [2.24, 2.45) is 0 Å². The van der Waals surface area contributed by atoms with E-state index >= 15 is 0 Å². The minimum atomic E-state index is -2.84. The molecule has 0 saturated carbocycles. The number of β-amino-alcohol motifs (C(OH)–C–C–N with tert-alkyl or cyclic N) is 1. The average molecular weight is 622 g/mol. The Morgan fingerprint density at radius 1 is 1.31 bits per heavy atom. The summed E-state index contributed by atoms with van der Waals surface area (Å²) in [6.07, 6.45) is 1.32. The van der Waals surface area contributed by atoms with Gasteiger partial charge in [-0.2, -0.15) is 28.5 Å². The Hall–Kier alpha value is -1.91. The maximum atomic E-state index is 14.2. The first-order chi connectivity index (χ1) is 17.2. The normalized spacial score (nSPS) is 29.5. The topological polar surface area (TPSA) is 102 Å². The predicted molar refractivity (Wildman–Crippen MR) is 131 cm³/mol. The molecule has 10 nitrogen and oxygen atoms in total. The van der Waals surface area contributed by atoms with E-state index in [2.05, 4.69) is 20.0 Å². The molecule has 3 saturated heterocycles. The van der Waals surface area contributed by atoms with Gasteiger partial charge in [0.25, 0.3) is 0 Å². The Morgan fingerprint density at radius 2 is 2.14 bits per heavy atom. The lowest BCUT2D eigenvalue weighted by Crippen LogP contribution is -2.43. The minimum absolute atomic E-state index is 0.0407. The Labute approximate surface area is 217 Å². The number of fused-ring (bicyclic) bond motifs is 4. The van der Waals surface area contributed by atoms with Crippen molar-refractivity contribution in [3.8, 4) is 6.01 Å². The van der Waals surface area contributed by atoms with Gasteiger partial charge in [0.2, 0.25) is 5.71 Å². The molecule has 0 bridgehead atoms. The second-order valence-electron chi connectivity index (χ2n) is 10.1. The maximum Gasteiger partial charge on any atom is 0.334 e. The third-order valence-electron chi connectivity index (χ3n) is 7.25. The molecular weight excluding hydrogens is 596 g/mol. The largest absolute Gasteiger partial charge is 0.461 e. The molecule has 0 amide bonds. The van der Waals surface area contributed by atoms with Gasteiger partial charge >= 0.3 is 12.6 Å². The summed E-state index contributed by atoms with van der Waals surface area (Å²) >= 11 is 1.76. The second-order valence-corrected chi connectivity index (χ2v) is 11.2. The summed E-state index contributed by atoms with van der Waals surface area (Å²) in [5.74, 6) is 0.352. The van der Waals surface area contributed by atoms with Crippen LogP contribution < -0.4 is 9.64 Å². The molecule has 0 aliphatic carbocycles. The minimum Gasteiger partial charge on any atom is -0.461 e. The Balaban J connectivity index is 1.43. The lowest BCUT2D eigenvalue weighted by molar-refractivity contribution is -0.0123. The third kappa shape index (κ3) is 4.09. The lowest BCUT2D eigenvalue weighted by Gasteiger charge is -2.31. The molecule has 196 valence electrons. The van der Waals surface area contributed by atoms with Crippen molar-refractivity contribution in [2.75, 3.05) is 50.9 Å². The van der Waals surface area contributed by atoms with E-state index < -0.39 is 18.3 Å². The van der Waals surface area contributed by atoms with Gasteiger partial charge in [-0.05, 0) is 48.9 Å². The number of halogens is 4. The quantitative estimate of drug-likeness (QED) is 0.431. The van der Waals surface area contributed by atoms with Crippen molar-refractivity contribution < 1.29 is 32.2 Å². The van der Waals surface area contributed by atoms with Crippen LogP contribution in [0, 0.1) is 3.70 Å². The first-order valence-electron chi connectivity index (χ1n) is 11.9. The van der Waals surface area contributed by atoms with Crippen molar-refractivity contribution >= 4 is 50.6 Å². The van der Waals surface area contributed by atoms with Gasteiger partial charge in [-0.25, -0.2) is 4.39 Å². The summed E-state index contributed by atoms with van der Waals surface area (Å²) in [4.78, 5) is 13.0. The first-order valence-corrected chi connectivity index (χ1v) is 13.0. The molecule has 0 aromatic carbocycles. The van der Waals surface area contributed by atoms with E-state index in [1.165, 1.54) is 0 Å². The number of alkyl halides is 3. The second kappa shape index (κ2) is 8.84. The molecular formula is C22H26F3IN6O4. The number of nitrogens with zero attached hydrogens (tertiary/aromatic N) is 6. The molecule has 0 radical (unpaired) electrons. The molecule has 1 N–H and O–H groups in total. The molecule has 3 atom stereocenters. The van der Waals surface area contributed by atoms with Crippen LogP contribution in [-0.4, -0.2) is 93.1 Å². The SMILES string of the molecule is C[C@@]1(O)COCCN(c2nc(OC[C@@]34CCCN3C[C@H](F)C4)nc3oc4c(I)n(C(F)F)nc4c23)C1. The molecule has 6 heterocycles. The first kappa shape index (κ1) is 24.4. The van der Waals surface area contributed by atoms with Gasteiger partial charge in [0.1, 0.15) is 38.8 Å². The van der Waals surface area contributed by atoms with E-state index in [-0.39, 0.29) is 51.8 Å². The van der Waals surface area contributed by atoms with Crippen LogP contribution in [0.15, 0.2) is 4.42 Å². The highest BCUT2D eigenvalue weighted by molar-refractivity contribution is 14.1. The van der Waals surface area contributed by atoms with Crippen molar-refractivity contribution in [2.45, 2.75) is 50.0 Å². The highest BCUT2D eigenvalue weighted by atomic mass is 127. The van der Waals surface area contributed by atoms with Gasteiger partial charge in [-0.3, -0.25) is 4.90 Å². The van der Waals surface area contributed by atoms with Crippen molar-refractivity contribution in [1.82, 2.24) is 24.6 Å². The summed E-state index contributed by atoms with van der Waals surface area (Å²) in [5.41, 5.74) is -1.03. The zero-order chi connectivity index (χ0) is 25.2. The monoisotopic (exact) mass is 622 g/mol. The van der Waals surface area contributed by atoms with Crippen LogP contribution in [0.25, 0.3) is 22.2 Å². The smallest absolute Gasteiger partial charge is 0.334 e. The van der Waals surface area contributed by atoms with Gasteiger partial charge < -0.3 is 23.9 Å². The van der Waals surface area contributed by atoms with E-state index in [0.29, 0.717) is 42.0 Å². The molecule has 3 aliphatic rings. The molecule has 14 heteroatoms. The van der Waals surface area contributed by atoms with Crippen molar-refractivity contribution in [3.05, 3.63) is 3.70 Å². The zero-order valence-electron chi connectivity index (χ0n) is 19.6. The number of aliphatic hydroxyl groups is 1. The third-order valence-corrected chi connectivity index (χ3v) is 8.23. The molecule has 3 fully saturated rings. The summed E-state index contributed by atoms with van der Waals surface area (Å²) < 4.78 is 59.5. The van der Waals surface area contributed by atoms with Gasteiger partial charge in [0, 0.05) is 19.5 Å². The summed E-state index contributed by atoms with van der Waals surface area (Å²) in [5, 5.41) is 15.2. The Bertz CT molecular complexity index is 1300.